The molecule has 0 atom stereocenters. The highest BCUT2D eigenvalue weighted by Crippen LogP contribution is 2.32. The second kappa shape index (κ2) is 11.5. The van der Waals surface area contributed by atoms with Crippen LogP contribution in [0, 0.1) is 6.92 Å². The van der Waals surface area contributed by atoms with Crippen LogP contribution in [0.4, 0.5) is 17.5 Å². The largest absolute Gasteiger partial charge is 0.387 e. The number of carbonyl (C=O) groups is 2. The Labute approximate surface area is 236 Å². The van der Waals surface area contributed by atoms with Crippen molar-refractivity contribution in [2.24, 2.45) is 5.73 Å². The van der Waals surface area contributed by atoms with Crippen molar-refractivity contribution in [3.8, 4) is 0 Å². The summed E-state index contributed by atoms with van der Waals surface area (Å²) in [5, 5.41) is 3.75. The minimum Gasteiger partial charge on any atom is -0.368 e. The summed E-state index contributed by atoms with van der Waals surface area (Å²) in [4.78, 5) is 52.6. The van der Waals surface area contributed by atoms with Crippen LogP contribution < -0.4 is 21.5 Å². The maximum Gasteiger partial charge on any atom is 0.387 e. The third-order valence-electron chi connectivity index (χ3n) is 7.52. The average Bonchev–Trinajstić information content (AvgIpc) is 3.47. The molecule has 0 amide bonds. The van der Waals surface area contributed by atoms with E-state index in [-0.39, 0.29) is 42.0 Å². The smallest absolute Gasteiger partial charge is 0.368 e. The van der Waals surface area contributed by atoms with Gasteiger partial charge in [0.2, 0.25) is 5.95 Å². The molecule has 3 N–H and O–H groups in total. The van der Waals surface area contributed by atoms with Crippen LogP contribution >= 0.6 is 0 Å². The lowest BCUT2D eigenvalue weighted by molar-refractivity contribution is -0.132. The van der Waals surface area contributed by atoms with E-state index in [1.165, 1.54) is 6.92 Å². The van der Waals surface area contributed by atoms with Gasteiger partial charge in [0, 0.05) is 43.8 Å². The van der Waals surface area contributed by atoms with E-state index in [1.807, 2.05) is 11.0 Å². The lowest BCUT2D eigenvalue weighted by Crippen LogP contribution is -2.49. The molecule has 3 aromatic heterocycles. The summed E-state index contributed by atoms with van der Waals surface area (Å²) in [6.45, 7) is 3.66. The third-order valence-corrected chi connectivity index (χ3v) is 8.92. The highest BCUT2D eigenvalue weighted by atomic mass is 32.2. The molecule has 2 aliphatic rings. The molecule has 1 aliphatic heterocycles. The Hall–Kier alpha value is -3.95. The molecule has 15 heteroatoms. The Morgan fingerprint density at radius 1 is 1.10 bits per heavy atom. The van der Waals surface area contributed by atoms with Crippen molar-refractivity contribution in [2.45, 2.75) is 45.6 Å². The van der Waals surface area contributed by atoms with Gasteiger partial charge in [-0.3, -0.25) is 14.2 Å². The van der Waals surface area contributed by atoms with Gasteiger partial charge in [0.05, 0.1) is 24.0 Å². The van der Waals surface area contributed by atoms with E-state index in [0.29, 0.717) is 35.5 Å². The van der Waals surface area contributed by atoms with Crippen LogP contribution in [-0.4, -0.2) is 76.7 Å². The molecule has 5 rings (SSSR count). The Kier molecular flexibility index (Phi) is 8.02. The lowest BCUT2D eigenvalue weighted by atomic mass is 10.0. The highest BCUT2D eigenvalue weighted by molar-refractivity contribution is 7.84. The van der Waals surface area contributed by atoms with Gasteiger partial charge in [-0.2, -0.15) is 17.7 Å². The van der Waals surface area contributed by atoms with E-state index >= 15 is 0 Å². The maximum atomic E-state index is 13.4. The Morgan fingerprint density at radius 2 is 1.80 bits per heavy atom. The quantitative estimate of drug-likeness (QED) is 0.364. The summed E-state index contributed by atoms with van der Waals surface area (Å²) in [5.41, 5.74) is 6.86. The van der Waals surface area contributed by atoms with Crippen molar-refractivity contribution in [2.75, 3.05) is 42.9 Å². The molecule has 1 aliphatic carbocycles. The van der Waals surface area contributed by atoms with Crippen molar-refractivity contribution in [1.29, 1.82) is 0 Å². The van der Waals surface area contributed by atoms with Gasteiger partial charge < -0.3 is 20.1 Å². The second-order valence-corrected chi connectivity index (χ2v) is 11.7. The van der Waals surface area contributed by atoms with Gasteiger partial charge in [0.25, 0.3) is 5.56 Å². The van der Waals surface area contributed by atoms with Crippen molar-refractivity contribution in [3.63, 3.8) is 0 Å². The first-order chi connectivity index (χ1) is 19.6. The maximum absolute atomic E-state index is 13.4. The van der Waals surface area contributed by atoms with Crippen molar-refractivity contribution in [1.82, 2.24) is 23.8 Å². The molecular weight excluding hydrogens is 552 g/mol. The van der Waals surface area contributed by atoms with E-state index in [0.717, 1.165) is 35.7 Å². The molecule has 1 saturated carbocycles. The predicted octanol–water partition coefficient (Wildman–Crippen LogP) is 1.42. The van der Waals surface area contributed by atoms with Gasteiger partial charge in [0.1, 0.15) is 11.5 Å². The van der Waals surface area contributed by atoms with Crippen molar-refractivity contribution in [3.05, 3.63) is 46.0 Å². The molecular formula is C26H32N8O6S. The second-order valence-electron chi connectivity index (χ2n) is 10.1. The first-order valence-electron chi connectivity index (χ1n) is 13.4. The summed E-state index contributed by atoms with van der Waals surface area (Å²) in [7, 11) is -4.18. The summed E-state index contributed by atoms with van der Waals surface area (Å²) in [6, 6.07) is 3.57. The molecule has 0 aromatic carbocycles. The molecule has 0 unspecified atom stereocenters. The van der Waals surface area contributed by atoms with Gasteiger partial charge in [-0.15, -0.1) is 0 Å². The molecule has 41 heavy (non-hydrogen) atoms. The number of ketones is 1. The van der Waals surface area contributed by atoms with Gasteiger partial charge >= 0.3 is 16.3 Å². The normalized spacial score (nSPS) is 16.7. The molecule has 4 heterocycles. The number of Topliss-reactive ketones (excluding diaryl/α,β-unsaturated/α-hetero) is 1. The first-order valence-corrected chi connectivity index (χ1v) is 14.8. The fraction of sp³-hybridized carbons (Fsp3) is 0.462. The molecule has 0 bridgehead atoms. The van der Waals surface area contributed by atoms with Gasteiger partial charge in [0.15, 0.2) is 5.78 Å². The Balaban J connectivity index is 1.33. The van der Waals surface area contributed by atoms with Crippen LogP contribution in [0.5, 0.6) is 0 Å². The monoisotopic (exact) mass is 584 g/mol. The number of nitrogens with zero attached hydrogens (tertiary/aromatic N) is 6. The highest BCUT2D eigenvalue weighted by Gasteiger charge is 2.30. The van der Waals surface area contributed by atoms with Crippen LogP contribution in [0.25, 0.3) is 11.0 Å². The molecule has 2 fully saturated rings. The SMILES string of the molecule is CC(=O)c1c(C)c2cnc(Nc3ccc(N4CCN(S(=O)(=O)OC(=O)CN)CC4)cn3)nc2n(C2CCCC2)c1=O. The average molecular weight is 585 g/mol. The number of rotatable bonds is 8. The van der Waals surface area contributed by atoms with E-state index in [2.05, 4.69) is 24.5 Å². The van der Waals surface area contributed by atoms with Crippen LogP contribution in [0.15, 0.2) is 29.3 Å². The minimum absolute atomic E-state index is 0.0213. The number of fused-ring (bicyclic) bond motifs is 1. The summed E-state index contributed by atoms with van der Waals surface area (Å²) < 4.78 is 31.7. The molecule has 3 aromatic rings. The standard InChI is InChI=1S/C26H32N8O6S/c1-16-20-15-29-26(31-24(20)34(18-5-3-4-6-18)25(37)23(16)17(2)35)30-21-8-7-19(14-28-21)32-9-11-33(12-10-32)41(38,39)40-22(36)13-27/h7-8,14-15,18H,3-6,9-13,27H2,1-2H3,(H,28,29,30,31). The number of carbonyl (C=O) groups excluding carboxylic acids is 2. The molecule has 0 radical (unpaired) electrons. The van der Waals surface area contributed by atoms with E-state index in [4.69, 9.17) is 5.73 Å². The summed E-state index contributed by atoms with van der Waals surface area (Å²) >= 11 is 0. The third kappa shape index (κ3) is 5.78. The zero-order chi connectivity index (χ0) is 29.3. The number of hydrogen-bond acceptors (Lipinski definition) is 12. The van der Waals surface area contributed by atoms with Gasteiger partial charge in [-0.25, -0.2) is 14.8 Å². The fourth-order valence-corrected chi connectivity index (χ4v) is 6.46. The zero-order valence-electron chi connectivity index (χ0n) is 22.9. The van der Waals surface area contributed by atoms with Crippen LogP contribution in [0.2, 0.25) is 0 Å². The number of piperazine rings is 1. The number of nitrogens with two attached hydrogens (primary N) is 1. The molecule has 218 valence electrons. The summed E-state index contributed by atoms with van der Waals surface area (Å²) in [6.07, 6.45) is 7.01. The van der Waals surface area contributed by atoms with Crippen LogP contribution in [-0.2, 0) is 19.3 Å². The Bertz CT molecular complexity index is 1640. The zero-order valence-corrected chi connectivity index (χ0v) is 23.7. The van der Waals surface area contributed by atoms with Crippen molar-refractivity contribution < 1.29 is 22.2 Å². The topological polar surface area (TPSA) is 183 Å². The number of anilines is 3. The molecule has 14 nitrogen and oxygen atoms in total. The number of hydrogen-bond donors (Lipinski definition) is 2. The van der Waals surface area contributed by atoms with Gasteiger partial charge in [-0.05, 0) is 44.4 Å². The fourth-order valence-electron chi connectivity index (χ4n) is 5.44. The van der Waals surface area contributed by atoms with E-state index < -0.39 is 22.8 Å². The number of pyridine rings is 2. The van der Waals surface area contributed by atoms with E-state index in [9.17, 15) is 22.8 Å². The van der Waals surface area contributed by atoms with Crippen LogP contribution in [0.3, 0.4) is 0 Å². The minimum atomic E-state index is -4.18. The lowest BCUT2D eigenvalue weighted by Gasteiger charge is -2.34. The summed E-state index contributed by atoms with van der Waals surface area (Å²) in [5.74, 6) is -0.529. The number of aromatic nitrogens is 4. The predicted molar refractivity (Wildman–Crippen MR) is 151 cm³/mol. The van der Waals surface area contributed by atoms with E-state index in [1.54, 1.807) is 30.0 Å². The van der Waals surface area contributed by atoms with Gasteiger partial charge in [-0.1, -0.05) is 12.8 Å². The van der Waals surface area contributed by atoms with Crippen LogP contribution in [0.1, 0.15) is 54.6 Å². The van der Waals surface area contributed by atoms with Crippen molar-refractivity contribution >= 4 is 50.5 Å². The molecule has 1 saturated heterocycles. The number of nitrogens with one attached hydrogen (secondary N) is 1. The Morgan fingerprint density at radius 3 is 2.41 bits per heavy atom. The molecule has 0 spiro atoms. The first kappa shape index (κ1) is 28.6. The number of aryl methyl sites for hydroxylation is 1.